The molecule has 0 bridgehead atoms. The molecule has 6 nitrogen and oxygen atoms in total. The van der Waals surface area contributed by atoms with Crippen LogP contribution >= 0.6 is 0 Å². The molecular weight excluding hydrogens is 298 g/mol. The molecule has 0 aromatic rings. The highest BCUT2D eigenvalue weighted by molar-refractivity contribution is 5.71. The smallest absolute Gasteiger partial charge is 0.407 e. The van der Waals surface area contributed by atoms with Crippen molar-refractivity contribution >= 4 is 12.1 Å². The van der Waals surface area contributed by atoms with E-state index < -0.39 is 11.2 Å². The minimum absolute atomic E-state index is 0.0298. The van der Waals surface area contributed by atoms with Gasteiger partial charge in [0.05, 0.1) is 6.61 Å². The van der Waals surface area contributed by atoms with Crippen molar-refractivity contribution in [3.63, 3.8) is 0 Å². The molecule has 1 amide bonds. The lowest BCUT2D eigenvalue weighted by Crippen LogP contribution is -2.38. The van der Waals surface area contributed by atoms with Gasteiger partial charge < -0.3 is 19.5 Å². The summed E-state index contributed by atoms with van der Waals surface area (Å²) in [5.41, 5.74) is -0.977. The first-order valence-corrected chi connectivity index (χ1v) is 8.24. The van der Waals surface area contributed by atoms with Gasteiger partial charge in [0.2, 0.25) is 0 Å². The molecule has 0 spiro atoms. The van der Waals surface area contributed by atoms with Crippen LogP contribution in [0.5, 0.6) is 0 Å². The molecule has 1 N–H and O–H groups in total. The second-order valence-electron chi connectivity index (χ2n) is 8.12. The van der Waals surface area contributed by atoms with Crippen LogP contribution < -0.4 is 5.32 Å². The first kappa shape index (κ1) is 19.7. The zero-order valence-electron chi connectivity index (χ0n) is 15.2. The Morgan fingerprint density at radius 1 is 1.00 bits per heavy atom. The van der Waals surface area contributed by atoms with Crippen molar-refractivity contribution in [3.8, 4) is 0 Å². The van der Waals surface area contributed by atoms with Gasteiger partial charge in [0.25, 0.3) is 0 Å². The molecule has 1 rings (SSSR count). The van der Waals surface area contributed by atoms with Crippen LogP contribution in [0.15, 0.2) is 0 Å². The summed E-state index contributed by atoms with van der Waals surface area (Å²) in [6, 6.07) is 0.111. The van der Waals surface area contributed by atoms with Gasteiger partial charge in [-0.2, -0.15) is 0 Å². The molecule has 0 aliphatic heterocycles. The van der Waals surface area contributed by atoms with Gasteiger partial charge in [-0.25, -0.2) is 9.59 Å². The second kappa shape index (κ2) is 7.99. The molecule has 1 fully saturated rings. The van der Waals surface area contributed by atoms with Gasteiger partial charge in [0.1, 0.15) is 17.8 Å². The summed E-state index contributed by atoms with van der Waals surface area (Å²) in [6.45, 7) is 11.5. The number of alkyl carbamates (subject to hydrolysis) is 1. The van der Waals surface area contributed by atoms with Crippen LogP contribution in [0, 0.1) is 5.92 Å². The van der Waals surface area contributed by atoms with Gasteiger partial charge in [-0.3, -0.25) is 0 Å². The Morgan fingerprint density at radius 2 is 1.61 bits per heavy atom. The molecule has 2 atom stereocenters. The third-order valence-electron chi connectivity index (χ3n) is 3.26. The van der Waals surface area contributed by atoms with Crippen molar-refractivity contribution in [1.82, 2.24) is 5.32 Å². The van der Waals surface area contributed by atoms with E-state index in [-0.39, 0.29) is 24.7 Å². The highest BCUT2D eigenvalue weighted by Gasteiger charge is 2.28. The molecule has 0 aromatic carbocycles. The topological polar surface area (TPSA) is 73.9 Å². The van der Waals surface area contributed by atoms with E-state index in [1.165, 1.54) is 0 Å². The normalized spacial score (nSPS) is 21.8. The molecule has 6 heteroatoms. The third kappa shape index (κ3) is 9.43. The summed E-state index contributed by atoms with van der Waals surface area (Å²) >= 11 is 0. The summed E-state index contributed by atoms with van der Waals surface area (Å²) in [6.07, 6.45) is 2.33. The summed E-state index contributed by atoms with van der Waals surface area (Å²) in [5, 5.41) is 2.89. The molecule has 134 valence electrons. The minimum Gasteiger partial charge on any atom is -0.458 e. The number of hydrogen-bond donors (Lipinski definition) is 1. The lowest BCUT2D eigenvalue weighted by molar-refractivity contribution is -0.160. The average Bonchev–Trinajstić information content (AvgIpc) is 2.71. The van der Waals surface area contributed by atoms with Gasteiger partial charge in [-0.1, -0.05) is 0 Å². The summed E-state index contributed by atoms with van der Waals surface area (Å²) in [4.78, 5) is 23.3. The lowest BCUT2D eigenvalue weighted by atomic mass is 10.1. The van der Waals surface area contributed by atoms with E-state index in [2.05, 4.69) is 5.32 Å². The summed E-state index contributed by atoms with van der Waals surface area (Å²) in [5.74, 6) is -0.00343. The quantitative estimate of drug-likeness (QED) is 0.785. The van der Waals surface area contributed by atoms with E-state index in [0.29, 0.717) is 12.5 Å². The second-order valence-corrected chi connectivity index (χ2v) is 8.12. The summed E-state index contributed by atoms with van der Waals surface area (Å²) in [7, 11) is 0. The van der Waals surface area contributed by atoms with Crippen LogP contribution in [0.25, 0.3) is 0 Å². The molecule has 1 aliphatic carbocycles. The zero-order chi connectivity index (χ0) is 17.7. The van der Waals surface area contributed by atoms with Crippen molar-refractivity contribution in [1.29, 1.82) is 0 Å². The Balaban J connectivity index is 2.20. The summed E-state index contributed by atoms with van der Waals surface area (Å²) < 4.78 is 15.9. The molecule has 23 heavy (non-hydrogen) atoms. The fourth-order valence-electron chi connectivity index (χ4n) is 2.51. The number of carbonyl (C=O) groups excluding carboxylic acids is 2. The molecule has 0 aromatic heterocycles. The van der Waals surface area contributed by atoms with Gasteiger partial charge in [-0.15, -0.1) is 0 Å². The van der Waals surface area contributed by atoms with Crippen LogP contribution in [0.1, 0.15) is 60.8 Å². The van der Waals surface area contributed by atoms with Crippen LogP contribution in [0.3, 0.4) is 0 Å². The highest BCUT2D eigenvalue weighted by Crippen LogP contribution is 2.26. The van der Waals surface area contributed by atoms with Crippen molar-refractivity contribution in [2.45, 2.75) is 78.0 Å². The van der Waals surface area contributed by atoms with E-state index in [1.54, 1.807) is 0 Å². The van der Waals surface area contributed by atoms with E-state index in [9.17, 15) is 9.59 Å². The molecule has 1 saturated carbocycles. The molecular formula is C17H31NO5. The Morgan fingerprint density at radius 3 is 2.17 bits per heavy atom. The van der Waals surface area contributed by atoms with Gasteiger partial charge in [0.15, 0.2) is 0 Å². The van der Waals surface area contributed by atoms with Crippen LogP contribution in [0.2, 0.25) is 0 Å². The number of rotatable bonds is 5. The van der Waals surface area contributed by atoms with Crippen molar-refractivity contribution in [2.75, 3.05) is 13.2 Å². The molecule has 0 radical (unpaired) electrons. The van der Waals surface area contributed by atoms with Crippen LogP contribution in [-0.4, -0.2) is 42.5 Å². The van der Waals surface area contributed by atoms with Crippen LogP contribution in [-0.2, 0) is 19.0 Å². The van der Waals surface area contributed by atoms with E-state index >= 15 is 0 Å². The highest BCUT2D eigenvalue weighted by atomic mass is 16.6. The number of nitrogens with one attached hydrogen (secondary N) is 1. The largest absolute Gasteiger partial charge is 0.458 e. The first-order valence-electron chi connectivity index (χ1n) is 8.24. The monoisotopic (exact) mass is 329 g/mol. The number of carbonyl (C=O) groups is 2. The molecule has 0 heterocycles. The van der Waals surface area contributed by atoms with Gasteiger partial charge >= 0.3 is 12.1 Å². The lowest BCUT2D eigenvalue weighted by Gasteiger charge is -2.22. The maximum Gasteiger partial charge on any atom is 0.407 e. The number of ether oxygens (including phenoxy) is 3. The average molecular weight is 329 g/mol. The number of esters is 1. The predicted octanol–water partition coefficient (Wildman–Crippen LogP) is 3.04. The van der Waals surface area contributed by atoms with Gasteiger partial charge in [-0.05, 0) is 66.7 Å². The van der Waals surface area contributed by atoms with E-state index in [4.69, 9.17) is 14.2 Å². The Hall–Kier alpha value is -1.30. The van der Waals surface area contributed by atoms with E-state index in [1.807, 2.05) is 41.5 Å². The molecule has 0 unspecified atom stereocenters. The Bertz CT molecular complexity index is 408. The van der Waals surface area contributed by atoms with Crippen molar-refractivity contribution < 1.29 is 23.8 Å². The van der Waals surface area contributed by atoms with Crippen molar-refractivity contribution in [2.24, 2.45) is 5.92 Å². The maximum absolute atomic E-state index is 11.7. The van der Waals surface area contributed by atoms with Gasteiger partial charge in [0, 0.05) is 6.04 Å². The van der Waals surface area contributed by atoms with Crippen LogP contribution in [0.4, 0.5) is 4.79 Å². The number of amides is 1. The fourth-order valence-corrected chi connectivity index (χ4v) is 2.51. The fraction of sp³-hybridized carbons (Fsp3) is 0.882. The minimum atomic E-state index is -0.490. The zero-order valence-corrected chi connectivity index (χ0v) is 15.2. The standard InChI is InChI=1S/C17H31NO5/c1-16(2,3)22-14(19)11-21-10-12-7-8-13(9-12)18-15(20)23-17(4,5)6/h12-13H,7-11H2,1-6H3,(H,18,20)/t12-,13+/m0/s1. The molecule has 0 saturated heterocycles. The third-order valence-corrected chi connectivity index (χ3v) is 3.26. The Labute approximate surface area is 139 Å². The first-order chi connectivity index (χ1) is 10.4. The predicted molar refractivity (Wildman–Crippen MR) is 87.2 cm³/mol. The number of hydrogen-bond acceptors (Lipinski definition) is 5. The van der Waals surface area contributed by atoms with Crippen molar-refractivity contribution in [3.05, 3.63) is 0 Å². The Kier molecular flexibility index (Phi) is 6.86. The van der Waals surface area contributed by atoms with E-state index in [0.717, 1.165) is 19.3 Å². The SMILES string of the molecule is CC(C)(C)OC(=O)COC[C@H]1CC[C@@H](NC(=O)OC(C)(C)C)C1. The maximum atomic E-state index is 11.7. The molecule has 1 aliphatic rings.